The maximum absolute atomic E-state index is 12.8. The van der Waals surface area contributed by atoms with Gasteiger partial charge in [0.15, 0.2) is 0 Å². The normalized spacial score (nSPS) is 18.6. The summed E-state index contributed by atoms with van der Waals surface area (Å²) < 4.78 is 0. The van der Waals surface area contributed by atoms with Crippen molar-refractivity contribution in [3.63, 3.8) is 0 Å². The van der Waals surface area contributed by atoms with Gasteiger partial charge in [0.25, 0.3) is 0 Å². The molecule has 0 unspecified atom stereocenters. The third-order valence-electron chi connectivity index (χ3n) is 6.12. The number of nitrogens with zero attached hydrogens (tertiary/aromatic N) is 4. The Balaban J connectivity index is 1.20. The van der Waals surface area contributed by atoms with Gasteiger partial charge in [-0.25, -0.2) is 0 Å². The first-order valence-corrected chi connectivity index (χ1v) is 11.2. The van der Waals surface area contributed by atoms with Crippen molar-refractivity contribution in [1.29, 1.82) is 0 Å². The first-order chi connectivity index (χ1) is 14.6. The maximum Gasteiger partial charge on any atom is 0.236 e. The van der Waals surface area contributed by atoms with E-state index in [1.807, 2.05) is 23.1 Å². The number of halogens is 1. The fourth-order valence-corrected chi connectivity index (χ4v) is 4.54. The van der Waals surface area contributed by atoms with Gasteiger partial charge in [0.05, 0.1) is 6.54 Å². The highest BCUT2D eigenvalue weighted by Gasteiger charge is 2.25. The van der Waals surface area contributed by atoms with Gasteiger partial charge in [0, 0.05) is 69.6 Å². The minimum absolute atomic E-state index is 0.257. The minimum atomic E-state index is 0.257. The second-order valence-corrected chi connectivity index (χ2v) is 8.83. The molecule has 0 aliphatic carbocycles. The fourth-order valence-electron chi connectivity index (χ4n) is 4.35. The summed E-state index contributed by atoms with van der Waals surface area (Å²) in [5.41, 5.74) is 3.82. The third kappa shape index (κ3) is 5.54. The average molecular weight is 427 g/mol. The maximum atomic E-state index is 12.8. The molecular weight excluding hydrogens is 396 g/mol. The lowest BCUT2D eigenvalue weighted by atomic mass is 10.1. The highest BCUT2D eigenvalue weighted by atomic mass is 35.5. The molecular formula is C24H31ClN4O. The average Bonchev–Trinajstić information content (AvgIpc) is 2.75. The van der Waals surface area contributed by atoms with Crippen LogP contribution in [-0.2, 0) is 11.3 Å². The molecule has 4 rings (SSSR count). The van der Waals surface area contributed by atoms with Gasteiger partial charge in [-0.05, 0) is 30.7 Å². The molecule has 6 heteroatoms. The molecule has 2 aromatic rings. The fraction of sp³-hybridized carbons (Fsp3) is 0.458. The number of amides is 1. The number of benzene rings is 2. The van der Waals surface area contributed by atoms with E-state index in [0.29, 0.717) is 6.54 Å². The van der Waals surface area contributed by atoms with Gasteiger partial charge in [-0.15, -0.1) is 0 Å². The predicted octanol–water partition coefficient (Wildman–Crippen LogP) is 3.11. The van der Waals surface area contributed by atoms with E-state index in [-0.39, 0.29) is 5.91 Å². The zero-order valence-electron chi connectivity index (χ0n) is 17.8. The Morgan fingerprint density at radius 3 is 2.27 bits per heavy atom. The van der Waals surface area contributed by atoms with Crippen molar-refractivity contribution in [1.82, 2.24) is 14.7 Å². The minimum Gasteiger partial charge on any atom is -0.368 e. The molecule has 0 bridgehead atoms. The molecule has 0 atom stereocenters. The van der Waals surface area contributed by atoms with Gasteiger partial charge in [0.1, 0.15) is 0 Å². The number of carbonyl (C=O) groups is 1. The Morgan fingerprint density at radius 2 is 1.57 bits per heavy atom. The van der Waals surface area contributed by atoms with Crippen molar-refractivity contribution >= 4 is 23.2 Å². The molecule has 0 N–H and O–H groups in total. The SMILES string of the molecule is Cc1cccc(CN2CCN(CC(=O)N3CCN(c4cccc(Cl)c4)CC3)CC2)c1. The van der Waals surface area contributed by atoms with Crippen LogP contribution in [-0.4, -0.2) is 79.5 Å². The van der Waals surface area contributed by atoms with Crippen molar-refractivity contribution in [3.05, 3.63) is 64.7 Å². The zero-order valence-corrected chi connectivity index (χ0v) is 18.5. The monoisotopic (exact) mass is 426 g/mol. The van der Waals surface area contributed by atoms with Crippen LogP contribution < -0.4 is 4.90 Å². The number of aryl methyl sites for hydroxylation is 1. The molecule has 2 aliphatic heterocycles. The highest BCUT2D eigenvalue weighted by Crippen LogP contribution is 2.21. The van der Waals surface area contributed by atoms with Crippen LogP contribution in [0, 0.1) is 6.92 Å². The van der Waals surface area contributed by atoms with Gasteiger partial charge in [-0.3, -0.25) is 14.6 Å². The van der Waals surface area contributed by atoms with Crippen molar-refractivity contribution in [2.75, 3.05) is 63.8 Å². The zero-order chi connectivity index (χ0) is 20.9. The van der Waals surface area contributed by atoms with E-state index in [2.05, 4.69) is 52.0 Å². The van der Waals surface area contributed by atoms with Crippen LogP contribution in [0.5, 0.6) is 0 Å². The molecule has 2 heterocycles. The molecule has 2 fully saturated rings. The number of rotatable bonds is 5. The van der Waals surface area contributed by atoms with Crippen molar-refractivity contribution < 1.29 is 4.79 Å². The van der Waals surface area contributed by atoms with Crippen molar-refractivity contribution in [2.45, 2.75) is 13.5 Å². The molecule has 2 saturated heterocycles. The quantitative estimate of drug-likeness (QED) is 0.734. The van der Waals surface area contributed by atoms with Crippen LogP contribution in [0.25, 0.3) is 0 Å². The van der Waals surface area contributed by atoms with Gasteiger partial charge in [0.2, 0.25) is 5.91 Å². The summed E-state index contributed by atoms with van der Waals surface area (Å²) in [5, 5.41) is 0.757. The van der Waals surface area contributed by atoms with Crippen LogP contribution in [0.1, 0.15) is 11.1 Å². The molecule has 5 nitrogen and oxygen atoms in total. The molecule has 0 radical (unpaired) electrons. The summed E-state index contributed by atoms with van der Waals surface area (Å²) in [6.07, 6.45) is 0. The lowest BCUT2D eigenvalue weighted by molar-refractivity contribution is -0.133. The summed E-state index contributed by atoms with van der Waals surface area (Å²) in [7, 11) is 0. The van der Waals surface area contributed by atoms with E-state index in [0.717, 1.165) is 69.6 Å². The summed E-state index contributed by atoms with van der Waals surface area (Å²) in [6.45, 7) is 10.9. The molecule has 1 amide bonds. The second-order valence-electron chi connectivity index (χ2n) is 8.39. The molecule has 2 aliphatic rings. The molecule has 0 aromatic heterocycles. The van der Waals surface area contributed by atoms with E-state index in [1.165, 1.54) is 11.1 Å². The van der Waals surface area contributed by atoms with Gasteiger partial charge in [-0.2, -0.15) is 0 Å². The summed E-state index contributed by atoms with van der Waals surface area (Å²) in [5.74, 6) is 0.257. The largest absolute Gasteiger partial charge is 0.368 e. The van der Waals surface area contributed by atoms with Crippen LogP contribution in [0.2, 0.25) is 5.02 Å². The lowest BCUT2D eigenvalue weighted by Crippen LogP contribution is -2.53. The summed E-state index contributed by atoms with van der Waals surface area (Å²) in [6, 6.07) is 16.7. The van der Waals surface area contributed by atoms with E-state index in [4.69, 9.17) is 11.6 Å². The topological polar surface area (TPSA) is 30.0 Å². The molecule has 0 saturated carbocycles. The third-order valence-corrected chi connectivity index (χ3v) is 6.35. The Hall–Kier alpha value is -2.08. The summed E-state index contributed by atoms with van der Waals surface area (Å²) >= 11 is 6.11. The molecule has 160 valence electrons. The van der Waals surface area contributed by atoms with Crippen LogP contribution >= 0.6 is 11.6 Å². The number of anilines is 1. The molecule has 0 spiro atoms. The summed E-state index contributed by atoms with van der Waals surface area (Å²) in [4.78, 5) is 21.9. The van der Waals surface area contributed by atoms with Crippen molar-refractivity contribution in [2.24, 2.45) is 0 Å². The molecule has 30 heavy (non-hydrogen) atoms. The standard InChI is InChI=1S/C24H31ClN4O/c1-20-4-2-5-21(16-20)18-26-8-10-27(11-9-26)19-24(30)29-14-12-28(13-15-29)23-7-3-6-22(25)17-23/h2-7,16-17H,8-15,18-19H2,1H3. The van der Waals surface area contributed by atoms with Crippen LogP contribution in [0.15, 0.2) is 48.5 Å². The highest BCUT2D eigenvalue weighted by molar-refractivity contribution is 6.30. The number of piperazine rings is 2. The van der Waals surface area contributed by atoms with Crippen molar-refractivity contribution in [3.8, 4) is 0 Å². The Labute approximate surface area is 184 Å². The second kappa shape index (κ2) is 9.82. The number of hydrogen-bond donors (Lipinski definition) is 0. The first-order valence-electron chi connectivity index (χ1n) is 10.9. The number of carbonyl (C=O) groups excluding carboxylic acids is 1. The van der Waals surface area contributed by atoms with Gasteiger partial charge >= 0.3 is 0 Å². The van der Waals surface area contributed by atoms with Gasteiger partial charge in [-0.1, -0.05) is 47.5 Å². The Kier molecular flexibility index (Phi) is 6.93. The Morgan fingerprint density at radius 1 is 0.867 bits per heavy atom. The first kappa shape index (κ1) is 21.2. The van der Waals surface area contributed by atoms with Crippen LogP contribution in [0.3, 0.4) is 0 Å². The Bertz CT molecular complexity index is 858. The lowest BCUT2D eigenvalue weighted by Gasteiger charge is -2.38. The van der Waals surface area contributed by atoms with E-state index < -0.39 is 0 Å². The smallest absolute Gasteiger partial charge is 0.236 e. The van der Waals surface area contributed by atoms with Crippen LogP contribution in [0.4, 0.5) is 5.69 Å². The number of hydrogen-bond acceptors (Lipinski definition) is 4. The van der Waals surface area contributed by atoms with Gasteiger partial charge < -0.3 is 9.80 Å². The predicted molar refractivity (Wildman–Crippen MR) is 123 cm³/mol. The molecule has 2 aromatic carbocycles. The van der Waals surface area contributed by atoms with E-state index in [9.17, 15) is 4.79 Å². The van der Waals surface area contributed by atoms with E-state index >= 15 is 0 Å². The van der Waals surface area contributed by atoms with E-state index in [1.54, 1.807) is 0 Å².